The van der Waals surface area contributed by atoms with Crippen LogP contribution in [-0.2, 0) is 0 Å². The first kappa shape index (κ1) is 7.77. The zero-order valence-electron chi connectivity index (χ0n) is 5.53. The second kappa shape index (κ2) is 3.73. The summed E-state index contributed by atoms with van der Waals surface area (Å²) in [5.41, 5.74) is 1.21. The molecule has 0 aliphatic heterocycles. The molecule has 0 fully saturated rings. The van der Waals surface area contributed by atoms with Gasteiger partial charge in [0, 0.05) is 5.03 Å². The van der Waals surface area contributed by atoms with Gasteiger partial charge in [0.1, 0.15) is 0 Å². The topological polar surface area (TPSA) is 0 Å². The molecule has 0 aromatic heterocycles. The third kappa shape index (κ3) is 3.94. The van der Waals surface area contributed by atoms with Crippen LogP contribution in [0.1, 0.15) is 20.8 Å². The van der Waals surface area contributed by atoms with Crippen LogP contribution in [0.2, 0.25) is 0 Å². The molecule has 1 heteroatoms. The van der Waals surface area contributed by atoms with Crippen LogP contribution < -0.4 is 0 Å². The number of rotatable bonds is 1. The molecule has 0 heterocycles. The highest BCUT2D eigenvalue weighted by Crippen LogP contribution is 2.03. The lowest BCUT2D eigenvalue weighted by Crippen LogP contribution is -1.65. The molecule has 0 aromatic carbocycles. The van der Waals surface area contributed by atoms with Crippen molar-refractivity contribution in [2.24, 2.45) is 0 Å². The quantitative estimate of drug-likeness (QED) is 0.479. The molecule has 0 aliphatic carbocycles. The molecule has 0 saturated heterocycles. The van der Waals surface area contributed by atoms with Gasteiger partial charge in [0.05, 0.1) is 0 Å². The average Bonchev–Trinajstić information content (AvgIpc) is 1.65. The van der Waals surface area contributed by atoms with E-state index in [9.17, 15) is 0 Å². The molecule has 0 amide bonds. The van der Waals surface area contributed by atoms with Crippen LogP contribution in [0.15, 0.2) is 22.8 Å². The van der Waals surface area contributed by atoms with Gasteiger partial charge in [0.15, 0.2) is 0 Å². The van der Waals surface area contributed by atoms with Crippen molar-refractivity contribution in [2.75, 3.05) is 0 Å². The maximum Gasteiger partial charge on any atom is 0.0152 e. The Morgan fingerprint density at radius 3 is 2.00 bits per heavy atom. The summed E-state index contributed by atoms with van der Waals surface area (Å²) in [6.45, 7) is 5.88. The predicted octanol–water partition coefficient (Wildman–Crippen LogP) is 3.10. The van der Waals surface area contributed by atoms with Gasteiger partial charge in [-0.25, -0.2) is 0 Å². The summed E-state index contributed by atoms with van der Waals surface area (Å²) in [5.74, 6) is 0. The molecule has 46 valence electrons. The van der Waals surface area contributed by atoms with Crippen LogP contribution in [0.4, 0.5) is 0 Å². The van der Waals surface area contributed by atoms with Crippen molar-refractivity contribution in [2.45, 2.75) is 20.8 Å². The Morgan fingerprint density at radius 1 is 1.38 bits per heavy atom. The molecule has 0 N–H and O–H groups in total. The third-order valence-electron chi connectivity index (χ3n) is 0.882. The number of hydrogen-bond donors (Lipinski definition) is 0. The van der Waals surface area contributed by atoms with Crippen molar-refractivity contribution in [1.82, 2.24) is 0 Å². The Kier molecular flexibility index (Phi) is 3.63. The molecule has 0 saturated carbocycles. The van der Waals surface area contributed by atoms with Crippen molar-refractivity contribution in [3.05, 3.63) is 22.8 Å². The Morgan fingerprint density at radius 2 is 1.88 bits per heavy atom. The van der Waals surface area contributed by atoms with E-state index in [2.05, 4.69) is 0 Å². The van der Waals surface area contributed by atoms with E-state index >= 15 is 0 Å². The van der Waals surface area contributed by atoms with E-state index in [0.29, 0.717) is 0 Å². The van der Waals surface area contributed by atoms with Gasteiger partial charge >= 0.3 is 0 Å². The average molecular weight is 131 g/mol. The van der Waals surface area contributed by atoms with Gasteiger partial charge in [-0.15, -0.1) is 0 Å². The maximum absolute atomic E-state index is 5.57. The molecular weight excluding hydrogens is 120 g/mol. The summed E-state index contributed by atoms with van der Waals surface area (Å²) in [7, 11) is 0. The Labute approximate surface area is 55.9 Å². The first-order chi connectivity index (χ1) is 3.66. The minimum absolute atomic E-state index is 0.834. The summed E-state index contributed by atoms with van der Waals surface area (Å²) in [6.07, 6.45) is 3.95. The van der Waals surface area contributed by atoms with Gasteiger partial charge in [-0.2, -0.15) is 0 Å². The normalized spacial score (nSPS) is 14.5. The van der Waals surface area contributed by atoms with E-state index < -0.39 is 0 Å². The summed E-state index contributed by atoms with van der Waals surface area (Å²) < 4.78 is 0. The molecule has 0 spiro atoms. The van der Waals surface area contributed by atoms with E-state index in [1.54, 1.807) is 0 Å². The zero-order chi connectivity index (χ0) is 6.57. The fourth-order valence-corrected chi connectivity index (χ4v) is 0.569. The van der Waals surface area contributed by atoms with Crippen molar-refractivity contribution in [3.8, 4) is 0 Å². The predicted molar refractivity (Wildman–Crippen MR) is 39.0 cm³/mol. The van der Waals surface area contributed by atoms with Gasteiger partial charge in [-0.3, -0.25) is 0 Å². The summed E-state index contributed by atoms with van der Waals surface area (Å²) in [6, 6.07) is 0. The van der Waals surface area contributed by atoms with Gasteiger partial charge < -0.3 is 0 Å². The van der Waals surface area contributed by atoms with E-state index in [1.807, 2.05) is 32.9 Å². The number of halogens is 1. The molecule has 0 rings (SSSR count). The Bertz CT molecular complexity index is 116. The second-order valence-corrected chi connectivity index (χ2v) is 2.36. The summed E-state index contributed by atoms with van der Waals surface area (Å²) in [5, 5.41) is 0.834. The van der Waals surface area contributed by atoms with Crippen molar-refractivity contribution < 1.29 is 0 Å². The SMILES string of the molecule is CC=C(C)C=C(C)Cl. The molecule has 0 bridgehead atoms. The van der Waals surface area contributed by atoms with Crippen LogP contribution in [0, 0.1) is 0 Å². The fraction of sp³-hybridized carbons (Fsp3) is 0.429. The summed E-state index contributed by atoms with van der Waals surface area (Å²) in [4.78, 5) is 0. The van der Waals surface area contributed by atoms with Gasteiger partial charge in [-0.1, -0.05) is 23.3 Å². The highest BCUT2D eigenvalue weighted by molar-refractivity contribution is 6.29. The van der Waals surface area contributed by atoms with Gasteiger partial charge in [-0.05, 0) is 26.8 Å². The van der Waals surface area contributed by atoms with Gasteiger partial charge in [0.2, 0.25) is 0 Å². The van der Waals surface area contributed by atoms with Gasteiger partial charge in [0.25, 0.3) is 0 Å². The van der Waals surface area contributed by atoms with E-state index in [4.69, 9.17) is 11.6 Å². The van der Waals surface area contributed by atoms with Crippen LogP contribution in [0.25, 0.3) is 0 Å². The van der Waals surface area contributed by atoms with Crippen LogP contribution in [0.5, 0.6) is 0 Å². The summed E-state index contributed by atoms with van der Waals surface area (Å²) >= 11 is 5.57. The smallest absolute Gasteiger partial charge is 0.0152 e. The first-order valence-corrected chi connectivity index (χ1v) is 3.01. The molecule has 8 heavy (non-hydrogen) atoms. The lowest BCUT2D eigenvalue weighted by Gasteiger charge is -1.86. The van der Waals surface area contributed by atoms with Crippen molar-refractivity contribution in [3.63, 3.8) is 0 Å². The van der Waals surface area contributed by atoms with Crippen molar-refractivity contribution >= 4 is 11.6 Å². The molecule has 0 atom stereocenters. The lowest BCUT2D eigenvalue weighted by molar-refractivity contribution is 1.45. The molecule has 0 aromatic rings. The maximum atomic E-state index is 5.57. The Balaban J connectivity index is 3.89. The molecule has 0 radical (unpaired) electrons. The first-order valence-electron chi connectivity index (χ1n) is 2.63. The van der Waals surface area contributed by atoms with E-state index in [1.165, 1.54) is 5.57 Å². The second-order valence-electron chi connectivity index (χ2n) is 1.76. The van der Waals surface area contributed by atoms with Crippen LogP contribution in [-0.4, -0.2) is 0 Å². The fourth-order valence-electron chi connectivity index (χ4n) is 0.397. The molecule has 0 aliphatic rings. The number of allylic oxidation sites excluding steroid dienone is 4. The van der Waals surface area contributed by atoms with Crippen LogP contribution >= 0.6 is 11.6 Å². The van der Waals surface area contributed by atoms with Crippen molar-refractivity contribution in [1.29, 1.82) is 0 Å². The van der Waals surface area contributed by atoms with E-state index in [-0.39, 0.29) is 0 Å². The highest BCUT2D eigenvalue weighted by atomic mass is 35.5. The molecule has 0 nitrogen and oxygen atoms in total. The number of hydrogen-bond acceptors (Lipinski definition) is 0. The molecule has 0 unspecified atom stereocenters. The zero-order valence-corrected chi connectivity index (χ0v) is 6.29. The third-order valence-corrected chi connectivity index (χ3v) is 0.991. The lowest BCUT2D eigenvalue weighted by atomic mass is 10.3. The standard InChI is InChI=1S/C7H11Cl/c1-4-6(2)5-7(3)8/h4-5H,1-3H3. The van der Waals surface area contributed by atoms with E-state index in [0.717, 1.165) is 5.03 Å². The Hall–Kier alpha value is -0.230. The molecular formula is C7H11Cl. The minimum Gasteiger partial charge on any atom is -0.0895 e. The minimum atomic E-state index is 0.834. The van der Waals surface area contributed by atoms with Crippen LogP contribution in [0.3, 0.4) is 0 Å². The highest BCUT2D eigenvalue weighted by Gasteiger charge is 1.79. The monoisotopic (exact) mass is 130 g/mol. The largest absolute Gasteiger partial charge is 0.0895 e.